The molecule has 0 saturated heterocycles. The van der Waals surface area contributed by atoms with Crippen LogP contribution in [0.15, 0.2) is 77.2 Å². The van der Waals surface area contributed by atoms with Gasteiger partial charge in [0.15, 0.2) is 0 Å². The lowest BCUT2D eigenvalue weighted by Gasteiger charge is -2.21. The Morgan fingerprint density at radius 2 is 1.73 bits per heavy atom. The second kappa shape index (κ2) is 11.3. The molecule has 0 aromatic carbocycles. The summed E-state index contributed by atoms with van der Waals surface area (Å²) in [6, 6.07) is 11.9. The SMILES string of the molecule is C=N/C(=C\C=C(/C)CNCl)CN(Cc1ccccn1)Cc1ccccn1. The van der Waals surface area contributed by atoms with Crippen molar-refractivity contribution in [3.8, 4) is 0 Å². The highest BCUT2D eigenvalue weighted by Crippen LogP contribution is 2.11. The van der Waals surface area contributed by atoms with Crippen molar-refractivity contribution in [1.82, 2.24) is 19.7 Å². The van der Waals surface area contributed by atoms with E-state index in [0.717, 1.165) is 22.7 Å². The van der Waals surface area contributed by atoms with Crippen LogP contribution in [0, 0.1) is 0 Å². The van der Waals surface area contributed by atoms with Crippen molar-refractivity contribution in [2.75, 3.05) is 13.1 Å². The molecule has 0 saturated carbocycles. The molecule has 2 rings (SSSR count). The molecule has 6 heteroatoms. The molecular weight excluding hydrogens is 346 g/mol. The van der Waals surface area contributed by atoms with E-state index < -0.39 is 0 Å². The van der Waals surface area contributed by atoms with Gasteiger partial charge in [0, 0.05) is 38.6 Å². The lowest BCUT2D eigenvalue weighted by molar-refractivity contribution is 0.272. The van der Waals surface area contributed by atoms with Crippen LogP contribution in [0.5, 0.6) is 0 Å². The Hall–Kier alpha value is -2.34. The monoisotopic (exact) mass is 369 g/mol. The molecule has 0 atom stereocenters. The second-order valence-electron chi connectivity index (χ2n) is 5.93. The number of aliphatic imine (C=N–C) groups is 1. The Morgan fingerprint density at radius 3 is 2.19 bits per heavy atom. The summed E-state index contributed by atoms with van der Waals surface area (Å²) in [5.74, 6) is 0. The summed E-state index contributed by atoms with van der Waals surface area (Å²) in [7, 11) is 0. The molecule has 0 fully saturated rings. The van der Waals surface area contributed by atoms with Gasteiger partial charge in [-0.1, -0.05) is 23.8 Å². The van der Waals surface area contributed by atoms with Crippen molar-refractivity contribution in [3.05, 3.63) is 83.6 Å². The summed E-state index contributed by atoms with van der Waals surface area (Å²) in [4.78, 5) is 17.9. The van der Waals surface area contributed by atoms with E-state index in [9.17, 15) is 0 Å². The number of rotatable bonds is 10. The number of pyridine rings is 2. The molecule has 1 N–H and O–H groups in total. The maximum absolute atomic E-state index is 5.54. The van der Waals surface area contributed by atoms with Gasteiger partial charge < -0.3 is 0 Å². The van der Waals surface area contributed by atoms with Gasteiger partial charge >= 0.3 is 0 Å². The molecule has 2 aromatic heterocycles. The van der Waals surface area contributed by atoms with E-state index in [-0.39, 0.29) is 0 Å². The molecule has 0 unspecified atom stereocenters. The summed E-state index contributed by atoms with van der Waals surface area (Å²) < 4.78 is 0. The van der Waals surface area contributed by atoms with Gasteiger partial charge in [0.05, 0.1) is 17.1 Å². The Bertz CT molecular complexity index is 687. The highest BCUT2D eigenvalue weighted by atomic mass is 35.5. The molecule has 5 nitrogen and oxygen atoms in total. The zero-order chi connectivity index (χ0) is 18.6. The average molecular weight is 370 g/mol. The Labute approximate surface area is 160 Å². The van der Waals surface area contributed by atoms with E-state index in [1.54, 1.807) is 0 Å². The predicted octanol–water partition coefficient (Wildman–Crippen LogP) is 3.75. The van der Waals surface area contributed by atoms with Crippen LogP contribution in [-0.2, 0) is 13.1 Å². The van der Waals surface area contributed by atoms with E-state index in [4.69, 9.17) is 11.8 Å². The summed E-state index contributed by atoms with van der Waals surface area (Å²) in [5.41, 5.74) is 4.00. The van der Waals surface area contributed by atoms with Crippen molar-refractivity contribution < 1.29 is 0 Å². The van der Waals surface area contributed by atoms with Gasteiger partial charge in [-0.2, -0.15) is 0 Å². The maximum Gasteiger partial charge on any atom is 0.0544 e. The van der Waals surface area contributed by atoms with Crippen LogP contribution in [0.1, 0.15) is 18.3 Å². The quantitative estimate of drug-likeness (QED) is 0.393. The fourth-order valence-electron chi connectivity index (χ4n) is 2.40. The molecule has 26 heavy (non-hydrogen) atoms. The first-order valence-corrected chi connectivity index (χ1v) is 8.77. The van der Waals surface area contributed by atoms with Crippen molar-refractivity contribution in [2.45, 2.75) is 20.0 Å². The Morgan fingerprint density at radius 1 is 1.12 bits per heavy atom. The minimum Gasteiger partial charge on any atom is -0.286 e. The summed E-state index contributed by atoms with van der Waals surface area (Å²) in [6.45, 7) is 8.39. The van der Waals surface area contributed by atoms with Crippen LogP contribution < -0.4 is 4.84 Å². The van der Waals surface area contributed by atoms with E-state index >= 15 is 0 Å². The minimum absolute atomic E-state index is 0.619. The maximum atomic E-state index is 5.54. The van der Waals surface area contributed by atoms with Gasteiger partial charge in [0.1, 0.15) is 0 Å². The molecule has 2 aromatic rings. The predicted molar refractivity (Wildman–Crippen MR) is 108 cm³/mol. The first kappa shape index (κ1) is 20.0. The van der Waals surface area contributed by atoms with Crippen molar-refractivity contribution in [3.63, 3.8) is 0 Å². The third-order valence-electron chi connectivity index (χ3n) is 3.72. The number of allylic oxidation sites excluding steroid dienone is 2. The van der Waals surface area contributed by atoms with Crippen molar-refractivity contribution in [2.24, 2.45) is 4.99 Å². The van der Waals surface area contributed by atoms with E-state index in [0.29, 0.717) is 26.2 Å². The summed E-state index contributed by atoms with van der Waals surface area (Å²) in [6.07, 6.45) is 7.59. The highest BCUT2D eigenvalue weighted by molar-refractivity contribution is 6.13. The molecule has 0 amide bonds. The molecule has 0 spiro atoms. The summed E-state index contributed by atoms with van der Waals surface area (Å²) in [5, 5.41) is 0. The van der Waals surface area contributed by atoms with Gasteiger partial charge in [-0.05, 0) is 55.8 Å². The Balaban J connectivity index is 2.14. The molecule has 0 radical (unpaired) electrons. The molecule has 136 valence electrons. The minimum atomic E-state index is 0.619. The number of halogens is 1. The van der Waals surface area contributed by atoms with Crippen LogP contribution in [0.4, 0.5) is 0 Å². The van der Waals surface area contributed by atoms with E-state index in [1.807, 2.05) is 67.9 Å². The van der Waals surface area contributed by atoms with Crippen LogP contribution in [0.3, 0.4) is 0 Å². The first-order valence-electron chi connectivity index (χ1n) is 8.40. The van der Waals surface area contributed by atoms with E-state index in [1.165, 1.54) is 0 Å². The fraction of sp³-hybridized carbons (Fsp3) is 0.250. The normalized spacial score (nSPS) is 12.4. The largest absolute Gasteiger partial charge is 0.286 e. The molecule has 0 bridgehead atoms. The zero-order valence-electron chi connectivity index (χ0n) is 15.0. The van der Waals surface area contributed by atoms with Gasteiger partial charge in [0.2, 0.25) is 0 Å². The van der Waals surface area contributed by atoms with Crippen LogP contribution in [0.25, 0.3) is 0 Å². The van der Waals surface area contributed by atoms with Gasteiger partial charge in [-0.3, -0.25) is 19.9 Å². The summed E-state index contributed by atoms with van der Waals surface area (Å²) >= 11 is 5.54. The molecule has 2 heterocycles. The smallest absolute Gasteiger partial charge is 0.0544 e. The highest BCUT2D eigenvalue weighted by Gasteiger charge is 2.10. The van der Waals surface area contributed by atoms with E-state index in [2.05, 4.69) is 31.4 Å². The number of aromatic nitrogens is 2. The lowest BCUT2D eigenvalue weighted by Crippen LogP contribution is -2.25. The molecule has 0 aliphatic heterocycles. The van der Waals surface area contributed by atoms with Crippen molar-refractivity contribution >= 4 is 18.5 Å². The van der Waals surface area contributed by atoms with Crippen LogP contribution in [0.2, 0.25) is 0 Å². The van der Waals surface area contributed by atoms with Crippen molar-refractivity contribution in [1.29, 1.82) is 0 Å². The van der Waals surface area contributed by atoms with Gasteiger partial charge in [0.25, 0.3) is 0 Å². The van der Waals surface area contributed by atoms with Gasteiger partial charge in [-0.15, -0.1) is 0 Å². The third-order valence-corrected chi connectivity index (χ3v) is 3.85. The third kappa shape index (κ3) is 7.27. The average Bonchev–Trinajstić information content (AvgIpc) is 2.67. The second-order valence-corrected chi connectivity index (χ2v) is 6.19. The molecular formula is C20H24ClN5. The topological polar surface area (TPSA) is 53.4 Å². The van der Waals surface area contributed by atoms with Crippen LogP contribution in [-0.4, -0.2) is 34.7 Å². The fourth-order valence-corrected chi connectivity index (χ4v) is 2.61. The standard InChI is InChI=1S/C20H24ClN5/c1-17(13-25-21)9-10-18(22-2)14-26(15-19-7-3-5-11-23-19)16-20-8-4-6-12-24-20/h3-12,25H,2,13-16H2,1H3/b17-9+,18-10-. The number of nitrogens with zero attached hydrogens (tertiary/aromatic N) is 4. The Kier molecular flexibility index (Phi) is 8.69. The zero-order valence-corrected chi connectivity index (χ0v) is 15.7. The number of hydrogen-bond acceptors (Lipinski definition) is 5. The lowest BCUT2D eigenvalue weighted by atomic mass is 10.2. The molecule has 0 aliphatic carbocycles. The molecule has 0 aliphatic rings. The van der Waals surface area contributed by atoms with Crippen LogP contribution >= 0.6 is 11.8 Å². The number of hydrogen-bond donors (Lipinski definition) is 1. The first-order chi connectivity index (χ1) is 12.7. The number of nitrogens with one attached hydrogen (secondary N) is 1. The van der Waals surface area contributed by atoms with Gasteiger partial charge in [-0.25, -0.2) is 4.84 Å².